The predicted molar refractivity (Wildman–Crippen MR) is 52.4 cm³/mol. The van der Waals surface area contributed by atoms with Gasteiger partial charge < -0.3 is 4.42 Å². The molecule has 0 unspecified atom stereocenters. The van der Waals surface area contributed by atoms with Gasteiger partial charge in [0.05, 0.1) is 11.1 Å². The molecule has 2 rings (SSSR count). The first kappa shape index (κ1) is 11.1. The van der Waals surface area contributed by atoms with Gasteiger partial charge in [0.15, 0.2) is 0 Å². The standard InChI is InChI=1S/C9H4BrF3N2O/c10-7-3-5(9(11,12)13)1-2-6(7)8-15-14-4-16-8/h1-4H. The van der Waals surface area contributed by atoms with E-state index in [0.717, 1.165) is 18.5 Å². The fourth-order valence-corrected chi connectivity index (χ4v) is 1.70. The van der Waals surface area contributed by atoms with Gasteiger partial charge in [0.25, 0.3) is 0 Å². The summed E-state index contributed by atoms with van der Waals surface area (Å²) in [4.78, 5) is 0. The Kier molecular flexibility index (Phi) is 2.71. The number of rotatable bonds is 1. The van der Waals surface area contributed by atoms with Gasteiger partial charge in [0.1, 0.15) is 0 Å². The quantitative estimate of drug-likeness (QED) is 0.807. The van der Waals surface area contributed by atoms with Gasteiger partial charge in [-0.3, -0.25) is 0 Å². The second-order valence-corrected chi connectivity index (χ2v) is 3.79. The molecule has 84 valence electrons. The molecule has 0 bridgehead atoms. The van der Waals surface area contributed by atoms with Gasteiger partial charge in [-0.2, -0.15) is 13.2 Å². The van der Waals surface area contributed by atoms with E-state index >= 15 is 0 Å². The summed E-state index contributed by atoms with van der Waals surface area (Å²) in [6, 6.07) is 3.21. The Morgan fingerprint density at radius 1 is 1.25 bits per heavy atom. The Labute approximate surface area is 96.4 Å². The molecule has 0 aliphatic heterocycles. The zero-order valence-electron chi connectivity index (χ0n) is 7.62. The van der Waals surface area contributed by atoms with E-state index in [2.05, 4.69) is 26.1 Å². The van der Waals surface area contributed by atoms with Crippen molar-refractivity contribution >= 4 is 15.9 Å². The van der Waals surface area contributed by atoms with E-state index in [-0.39, 0.29) is 10.4 Å². The molecule has 0 spiro atoms. The summed E-state index contributed by atoms with van der Waals surface area (Å²) in [6.07, 6.45) is -3.25. The normalized spacial score (nSPS) is 11.8. The van der Waals surface area contributed by atoms with E-state index in [4.69, 9.17) is 4.42 Å². The van der Waals surface area contributed by atoms with Crippen LogP contribution < -0.4 is 0 Å². The summed E-state index contributed by atoms with van der Waals surface area (Å²) < 4.78 is 42.3. The number of nitrogens with zero attached hydrogens (tertiary/aromatic N) is 2. The van der Waals surface area contributed by atoms with Crippen LogP contribution in [0.2, 0.25) is 0 Å². The zero-order chi connectivity index (χ0) is 11.8. The fraction of sp³-hybridized carbons (Fsp3) is 0.111. The van der Waals surface area contributed by atoms with E-state index in [9.17, 15) is 13.2 Å². The van der Waals surface area contributed by atoms with Crippen molar-refractivity contribution < 1.29 is 17.6 Å². The average molecular weight is 293 g/mol. The van der Waals surface area contributed by atoms with Crippen LogP contribution in [0.25, 0.3) is 11.5 Å². The monoisotopic (exact) mass is 292 g/mol. The summed E-state index contributed by atoms with van der Waals surface area (Å²) in [5.74, 6) is 0.167. The molecule has 0 amide bonds. The number of alkyl halides is 3. The van der Waals surface area contributed by atoms with Crippen LogP contribution in [0.1, 0.15) is 5.56 Å². The lowest BCUT2D eigenvalue weighted by Gasteiger charge is -2.07. The molecule has 0 aliphatic rings. The summed E-state index contributed by atoms with van der Waals surface area (Å²) in [6.45, 7) is 0. The van der Waals surface area contributed by atoms with Crippen LogP contribution >= 0.6 is 15.9 Å². The third-order valence-corrected chi connectivity index (χ3v) is 2.54. The first-order valence-electron chi connectivity index (χ1n) is 4.12. The van der Waals surface area contributed by atoms with Crippen molar-refractivity contribution in [3.63, 3.8) is 0 Å². The third-order valence-electron chi connectivity index (χ3n) is 1.89. The molecule has 0 radical (unpaired) electrons. The maximum atomic E-state index is 12.4. The van der Waals surface area contributed by atoms with E-state index in [1.54, 1.807) is 0 Å². The van der Waals surface area contributed by atoms with Crippen LogP contribution in [0.5, 0.6) is 0 Å². The molecule has 0 saturated heterocycles. The second kappa shape index (κ2) is 3.89. The Hall–Kier alpha value is -1.37. The summed E-state index contributed by atoms with van der Waals surface area (Å²) >= 11 is 3.03. The van der Waals surface area contributed by atoms with Crippen LogP contribution in [0.15, 0.2) is 33.5 Å². The Morgan fingerprint density at radius 2 is 2.00 bits per heavy atom. The minimum Gasteiger partial charge on any atom is -0.423 e. The molecule has 0 aliphatic carbocycles. The van der Waals surface area contributed by atoms with Gasteiger partial charge >= 0.3 is 6.18 Å². The van der Waals surface area contributed by atoms with Crippen LogP contribution in [0, 0.1) is 0 Å². The Balaban J connectivity index is 2.46. The van der Waals surface area contributed by atoms with Crippen molar-refractivity contribution in [2.24, 2.45) is 0 Å². The lowest BCUT2D eigenvalue weighted by molar-refractivity contribution is -0.137. The van der Waals surface area contributed by atoms with Gasteiger partial charge in [-0.15, -0.1) is 10.2 Å². The summed E-state index contributed by atoms with van der Waals surface area (Å²) in [5.41, 5.74) is -0.312. The van der Waals surface area contributed by atoms with Gasteiger partial charge in [0.2, 0.25) is 12.3 Å². The highest BCUT2D eigenvalue weighted by molar-refractivity contribution is 9.10. The molecule has 0 saturated carbocycles. The third kappa shape index (κ3) is 2.08. The van der Waals surface area contributed by atoms with Crippen molar-refractivity contribution in [1.29, 1.82) is 0 Å². The van der Waals surface area contributed by atoms with Crippen molar-refractivity contribution in [3.05, 3.63) is 34.6 Å². The lowest BCUT2D eigenvalue weighted by atomic mass is 10.1. The number of aromatic nitrogens is 2. The SMILES string of the molecule is FC(F)(F)c1ccc(-c2nnco2)c(Br)c1. The van der Waals surface area contributed by atoms with Gasteiger partial charge in [0, 0.05) is 4.47 Å². The highest BCUT2D eigenvalue weighted by Crippen LogP contribution is 2.34. The maximum absolute atomic E-state index is 12.4. The smallest absolute Gasteiger partial charge is 0.416 e. The Morgan fingerprint density at radius 3 is 2.50 bits per heavy atom. The maximum Gasteiger partial charge on any atom is 0.416 e. The molecule has 1 heterocycles. The van der Waals surface area contributed by atoms with Crippen molar-refractivity contribution in [2.45, 2.75) is 6.18 Å². The Bertz CT molecular complexity index is 496. The molecule has 3 nitrogen and oxygen atoms in total. The number of benzene rings is 1. The molecular formula is C9H4BrF3N2O. The van der Waals surface area contributed by atoms with Gasteiger partial charge in [-0.25, -0.2) is 0 Å². The van der Waals surface area contributed by atoms with Crippen molar-refractivity contribution in [1.82, 2.24) is 10.2 Å². The summed E-state index contributed by atoms with van der Waals surface area (Å²) in [5, 5.41) is 7.06. The fourth-order valence-electron chi connectivity index (χ4n) is 1.16. The largest absolute Gasteiger partial charge is 0.423 e. The summed E-state index contributed by atoms with van der Waals surface area (Å²) in [7, 11) is 0. The number of halogens is 4. The molecule has 16 heavy (non-hydrogen) atoms. The van der Waals surface area contributed by atoms with E-state index in [1.807, 2.05) is 0 Å². The first-order chi connectivity index (χ1) is 7.48. The number of hydrogen-bond acceptors (Lipinski definition) is 3. The molecule has 1 aromatic carbocycles. The topological polar surface area (TPSA) is 38.9 Å². The second-order valence-electron chi connectivity index (χ2n) is 2.94. The molecule has 2 aromatic rings. The molecular weight excluding hydrogens is 289 g/mol. The molecule has 1 aromatic heterocycles. The van der Waals surface area contributed by atoms with E-state index in [1.165, 1.54) is 6.07 Å². The lowest BCUT2D eigenvalue weighted by Crippen LogP contribution is -2.04. The van der Waals surface area contributed by atoms with Crippen molar-refractivity contribution in [3.8, 4) is 11.5 Å². The predicted octanol–water partition coefficient (Wildman–Crippen LogP) is 3.52. The molecule has 0 atom stereocenters. The highest BCUT2D eigenvalue weighted by Gasteiger charge is 2.31. The molecule has 0 fully saturated rings. The van der Waals surface area contributed by atoms with E-state index in [0.29, 0.717) is 5.56 Å². The average Bonchev–Trinajstić information content (AvgIpc) is 2.69. The minimum absolute atomic E-state index is 0.167. The van der Waals surface area contributed by atoms with Gasteiger partial charge in [-0.05, 0) is 34.1 Å². The van der Waals surface area contributed by atoms with Crippen LogP contribution in [0.4, 0.5) is 13.2 Å². The molecule has 0 N–H and O–H groups in total. The molecule has 7 heteroatoms. The van der Waals surface area contributed by atoms with Gasteiger partial charge in [-0.1, -0.05) is 0 Å². The zero-order valence-corrected chi connectivity index (χ0v) is 9.21. The first-order valence-corrected chi connectivity index (χ1v) is 4.91. The minimum atomic E-state index is -4.37. The highest BCUT2D eigenvalue weighted by atomic mass is 79.9. The van der Waals surface area contributed by atoms with E-state index < -0.39 is 11.7 Å². The van der Waals surface area contributed by atoms with Crippen LogP contribution in [-0.4, -0.2) is 10.2 Å². The van der Waals surface area contributed by atoms with Crippen LogP contribution in [-0.2, 0) is 6.18 Å². The number of hydrogen-bond donors (Lipinski definition) is 0. The van der Waals surface area contributed by atoms with Crippen molar-refractivity contribution in [2.75, 3.05) is 0 Å². The van der Waals surface area contributed by atoms with Crippen LogP contribution in [0.3, 0.4) is 0 Å².